The van der Waals surface area contributed by atoms with Crippen LogP contribution in [0.25, 0.3) is 83.8 Å². The summed E-state index contributed by atoms with van der Waals surface area (Å²) >= 11 is 0. The summed E-state index contributed by atoms with van der Waals surface area (Å²) < 4.78 is 8.87. The van der Waals surface area contributed by atoms with Gasteiger partial charge in [-0.3, -0.25) is 17.9 Å². The lowest BCUT2D eigenvalue weighted by molar-refractivity contribution is 0.764. The van der Waals surface area contributed by atoms with Crippen LogP contribution in [0.3, 0.4) is 0 Å². The van der Waals surface area contributed by atoms with Crippen LogP contribution in [0.2, 0.25) is 0 Å². The molecule has 5 aromatic heterocycles. The molecular formula is C38H23N9. The minimum atomic E-state index is 0.758. The molecule has 220 valence electrons. The van der Waals surface area contributed by atoms with Gasteiger partial charge < -0.3 is 0 Å². The van der Waals surface area contributed by atoms with Gasteiger partial charge >= 0.3 is 0 Å². The highest BCUT2D eigenvalue weighted by Gasteiger charge is 2.24. The molecule has 9 heteroatoms. The van der Waals surface area contributed by atoms with E-state index >= 15 is 0 Å². The first-order chi connectivity index (χ1) is 23.3. The van der Waals surface area contributed by atoms with Gasteiger partial charge in [0.25, 0.3) is 0 Å². The van der Waals surface area contributed by atoms with Gasteiger partial charge in [-0.15, -0.1) is 10.2 Å². The first-order valence-corrected chi connectivity index (χ1v) is 15.5. The van der Waals surface area contributed by atoms with Gasteiger partial charge in [-0.1, -0.05) is 66.7 Å². The summed E-state index contributed by atoms with van der Waals surface area (Å²) in [4.78, 5) is 12.0. The highest BCUT2D eigenvalue weighted by atomic mass is 15.5. The van der Waals surface area contributed by atoms with Gasteiger partial charge in [0.15, 0.2) is 0 Å². The lowest BCUT2D eigenvalue weighted by Gasteiger charge is -2.10. The van der Waals surface area contributed by atoms with E-state index in [1.807, 2.05) is 42.5 Å². The van der Waals surface area contributed by atoms with Crippen molar-refractivity contribution in [3.05, 3.63) is 140 Å². The quantitative estimate of drug-likeness (QED) is 0.205. The number of hydrogen-bond donors (Lipinski definition) is 0. The van der Waals surface area contributed by atoms with Crippen LogP contribution in [0.5, 0.6) is 0 Å². The Balaban J connectivity index is 1.29. The number of nitrogens with zero attached hydrogens (tertiary/aromatic N) is 9. The van der Waals surface area contributed by atoms with Gasteiger partial charge in [0.05, 0.1) is 61.2 Å². The van der Waals surface area contributed by atoms with Gasteiger partial charge in [-0.25, -0.2) is 9.97 Å². The van der Waals surface area contributed by atoms with Crippen molar-refractivity contribution in [3.63, 3.8) is 0 Å². The molecule has 0 atom stereocenters. The zero-order valence-electron chi connectivity index (χ0n) is 24.8. The molecule has 0 radical (unpaired) electrons. The first kappa shape index (κ1) is 24.6. The molecule has 0 amide bonds. The molecule has 0 aliphatic heterocycles. The highest BCUT2D eigenvalue weighted by Crippen LogP contribution is 2.36. The maximum atomic E-state index is 5.19. The Bertz CT molecular complexity index is 2840. The molecule has 0 bridgehead atoms. The third-order valence-electron chi connectivity index (χ3n) is 9.18. The van der Waals surface area contributed by atoms with E-state index in [9.17, 15) is 0 Å². The predicted octanol–water partition coefficient (Wildman–Crippen LogP) is 7.91. The van der Waals surface area contributed by atoms with Gasteiger partial charge in [-0.2, -0.15) is 4.80 Å². The van der Waals surface area contributed by atoms with Crippen molar-refractivity contribution in [3.8, 4) is 17.1 Å². The average molecular weight is 606 g/mol. The summed E-state index contributed by atoms with van der Waals surface area (Å²) in [5.74, 6) is 1.65. The molecule has 11 aromatic rings. The fourth-order valence-electron chi connectivity index (χ4n) is 7.18. The third-order valence-corrected chi connectivity index (χ3v) is 9.18. The fourth-order valence-corrected chi connectivity index (χ4v) is 7.18. The van der Waals surface area contributed by atoms with Crippen LogP contribution >= 0.6 is 0 Å². The highest BCUT2D eigenvalue weighted by molar-refractivity contribution is 5.99. The van der Waals surface area contributed by atoms with Crippen molar-refractivity contribution in [1.82, 2.24) is 42.9 Å². The van der Waals surface area contributed by atoms with E-state index < -0.39 is 0 Å². The minimum Gasteiger partial charge on any atom is -0.276 e. The Hall–Kier alpha value is -6.74. The van der Waals surface area contributed by atoms with E-state index in [-0.39, 0.29) is 0 Å². The van der Waals surface area contributed by atoms with E-state index in [0.29, 0.717) is 0 Å². The summed E-state index contributed by atoms with van der Waals surface area (Å²) in [6, 6.07) is 47.7. The molecular weight excluding hydrogens is 582 g/mol. The van der Waals surface area contributed by atoms with E-state index in [0.717, 1.165) is 83.8 Å². The predicted molar refractivity (Wildman–Crippen MR) is 185 cm³/mol. The van der Waals surface area contributed by atoms with Crippen LogP contribution in [0.1, 0.15) is 0 Å². The maximum absolute atomic E-state index is 5.19. The number of hydrogen-bond acceptors (Lipinski definition) is 4. The van der Waals surface area contributed by atoms with E-state index in [4.69, 9.17) is 20.2 Å². The number of aromatic nitrogens is 9. The number of para-hydroxylation sites is 9. The van der Waals surface area contributed by atoms with E-state index in [1.165, 1.54) is 0 Å². The van der Waals surface area contributed by atoms with Crippen molar-refractivity contribution in [2.24, 2.45) is 0 Å². The second-order valence-electron chi connectivity index (χ2n) is 11.7. The van der Waals surface area contributed by atoms with Crippen molar-refractivity contribution >= 4 is 66.7 Å². The molecule has 0 unspecified atom stereocenters. The van der Waals surface area contributed by atoms with Crippen molar-refractivity contribution < 1.29 is 0 Å². The summed E-state index contributed by atoms with van der Waals surface area (Å²) in [5, 5.41) is 10.4. The van der Waals surface area contributed by atoms with Crippen LogP contribution in [0.4, 0.5) is 0 Å². The van der Waals surface area contributed by atoms with Crippen LogP contribution in [0.15, 0.2) is 140 Å². The zero-order valence-corrected chi connectivity index (χ0v) is 24.8. The first-order valence-electron chi connectivity index (χ1n) is 15.5. The van der Waals surface area contributed by atoms with E-state index in [1.54, 1.807) is 4.80 Å². The molecule has 0 N–H and O–H groups in total. The molecule has 0 spiro atoms. The Morgan fingerprint density at radius 1 is 0.362 bits per heavy atom. The Morgan fingerprint density at radius 3 is 1.26 bits per heavy atom. The summed E-state index contributed by atoms with van der Waals surface area (Å²) in [7, 11) is 0. The second-order valence-corrected chi connectivity index (χ2v) is 11.7. The lowest BCUT2D eigenvalue weighted by atomic mass is 10.2. The number of imidazole rings is 4. The molecule has 0 fully saturated rings. The SMILES string of the molecule is c1ccc(-n2nc3c(-n4c5ccccc5n5c6ccccc6nc45)ccc(-n4c5ccccc5n5c6ccccc6nc45)c3n2)cc1. The van der Waals surface area contributed by atoms with Crippen LogP contribution in [0, 0.1) is 0 Å². The average Bonchev–Trinajstić information content (AvgIpc) is 3.93. The van der Waals surface area contributed by atoms with Crippen LogP contribution < -0.4 is 0 Å². The fraction of sp³-hybridized carbons (Fsp3) is 0. The molecule has 47 heavy (non-hydrogen) atoms. The van der Waals surface area contributed by atoms with Crippen molar-refractivity contribution in [1.29, 1.82) is 0 Å². The van der Waals surface area contributed by atoms with Gasteiger partial charge in [-0.05, 0) is 72.8 Å². The third kappa shape index (κ3) is 3.21. The Kier molecular flexibility index (Phi) is 4.66. The zero-order chi connectivity index (χ0) is 30.6. The number of fused-ring (bicyclic) bond motifs is 11. The molecule has 0 aliphatic carbocycles. The monoisotopic (exact) mass is 605 g/mol. The molecule has 0 saturated carbocycles. The van der Waals surface area contributed by atoms with Crippen molar-refractivity contribution in [2.45, 2.75) is 0 Å². The number of benzene rings is 6. The number of rotatable bonds is 3. The van der Waals surface area contributed by atoms with Crippen molar-refractivity contribution in [2.75, 3.05) is 0 Å². The smallest absolute Gasteiger partial charge is 0.220 e. The maximum Gasteiger partial charge on any atom is 0.220 e. The topological polar surface area (TPSA) is 75.2 Å². The van der Waals surface area contributed by atoms with Gasteiger partial charge in [0, 0.05) is 0 Å². The second kappa shape index (κ2) is 8.92. The lowest BCUT2D eigenvalue weighted by Crippen LogP contribution is -2.01. The standard InChI is InChI=1S/C38H23N9/c1-2-12-24(13-3-1)47-41-35-33(45-31-20-10-8-18-29(31)43-27-16-6-4-14-25(27)39-37(43)45)22-23-34(36(35)42-47)46-32-21-11-9-19-30(32)44-28-17-7-5-15-26(28)40-38(44)46/h1-23H. The summed E-state index contributed by atoms with van der Waals surface area (Å²) in [6.07, 6.45) is 0. The minimum absolute atomic E-state index is 0.758. The largest absolute Gasteiger partial charge is 0.276 e. The van der Waals surface area contributed by atoms with Gasteiger partial charge in [0.1, 0.15) is 11.0 Å². The molecule has 5 heterocycles. The van der Waals surface area contributed by atoms with E-state index in [2.05, 4.69) is 115 Å². The Labute approximate surface area is 265 Å². The molecule has 11 rings (SSSR count). The molecule has 9 nitrogen and oxygen atoms in total. The van der Waals surface area contributed by atoms with Crippen LogP contribution in [-0.4, -0.2) is 42.9 Å². The summed E-state index contributed by atoms with van der Waals surface area (Å²) in [6.45, 7) is 0. The molecule has 0 aliphatic rings. The van der Waals surface area contributed by atoms with Gasteiger partial charge in [0.2, 0.25) is 11.6 Å². The Morgan fingerprint density at radius 2 is 0.766 bits per heavy atom. The van der Waals surface area contributed by atoms with Crippen LogP contribution in [-0.2, 0) is 0 Å². The molecule has 6 aromatic carbocycles. The normalized spacial score (nSPS) is 12.3. The molecule has 0 saturated heterocycles. The summed E-state index contributed by atoms with van der Waals surface area (Å²) in [5.41, 5.74) is 12.4.